The topological polar surface area (TPSA) is 75.6 Å². The summed E-state index contributed by atoms with van der Waals surface area (Å²) in [5.74, 6) is -0.134. The average Bonchev–Trinajstić information content (AvgIpc) is 2.95. The van der Waals surface area contributed by atoms with Gasteiger partial charge in [-0.1, -0.05) is 0 Å². The van der Waals surface area contributed by atoms with Crippen molar-refractivity contribution in [3.8, 4) is 0 Å². The molecule has 0 aromatic carbocycles. The molecule has 2 aromatic heterocycles. The molecule has 0 radical (unpaired) electrons. The maximum absolute atomic E-state index is 12.2. The Kier molecular flexibility index (Phi) is 4.39. The molecule has 0 saturated heterocycles. The lowest BCUT2D eigenvalue weighted by molar-refractivity contribution is 0.0947. The van der Waals surface area contributed by atoms with E-state index in [1.54, 1.807) is 0 Å². The Bertz CT molecular complexity index is 656. The number of hydrogen-bond acceptors (Lipinski definition) is 3. The zero-order chi connectivity index (χ0) is 16.5. The fourth-order valence-corrected chi connectivity index (χ4v) is 2.60. The lowest BCUT2D eigenvalue weighted by Gasteiger charge is -2.21. The van der Waals surface area contributed by atoms with Gasteiger partial charge in [-0.05, 0) is 59.6 Å². The van der Waals surface area contributed by atoms with Gasteiger partial charge in [-0.3, -0.25) is 14.6 Å². The fourth-order valence-electron chi connectivity index (χ4n) is 2.60. The van der Waals surface area contributed by atoms with Gasteiger partial charge in [-0.25, -0.2) is 0 Å². The molecule has 0 aliphatic rings. The molecule has 6 heteroatoms. The summed E-state index contributed by atoms with van der Waals surface area (Å²) < 4.78 is 1.88. The number of aromatic nitrogens is 4. The van der Waals surface area contributed by atoms with Gasteiger partial charge in [0, 0.05) is 17.9 Å². The Hall–Kier alpha value is -2.11. The van der Waals surface area contributed by atoms with Crippen LogP contribution in [0.15, 0.2) is 6.07 Å². The van der Waals surface area contributed by atoms with E-state index in [2.05, 4.69) is 41.4 Å². The molecule has 2 N–H and O–H groups in total. The standard InChI is InChI=1S/C16H25N5O/c1-10-9-14(20-21(10)16(4,5)6)15(22)17-8-7-13-11(2)18-19-12(13)3/h9H,7-8H2,1-6H3,(H,17,22)(H,18,19). The quantitative estimate of drug-likeness (QED) is 0.909. The molecule has 2 heterocycles. The van der Waals surface area contributed by atoms with Crippen molar-refractivity contribution < 1.29 is 4.79 Å². The smallest absolute Gasteiger partial charge is 0.271 e. The van der Waals surface area contributed by atoms with E-state index in [9.17, 15) is 4.79 Å². The largest absolute Gasteiger partial charge is 0.350 e. The molecule has 2 rings (SSSR count). The van der Waals surface area contributed by atoms with Crippen LogP contribution in [0.4, 0.5) is 0 Å². The van der Waals surface area contributed by atoms with Gasteiger partial charge in [0.2, 0.25) is 0 Å². The van der Waals surface area contributed by atoms with E-state index < -0.39 is 0 Å². The fraction of sp³-hybridized carbons (Fsp3) is 0.562. The predicted octanol–water partition coefficient (Wildman–Crippen LogP) is 2.26. The van der Waals surface area contributed by atoms with Crippen LogP contribution in [0.25, 0.3) is 0 Å². The zero-order valence-electron chi connectivity index (χ0n) is 14.2. The van der Waals surface area contributed by atoms with E-state index in [0.29, 0.717) is 12.2 Å². The predicted molar refractivity (Wildman–Crippen MR) is 86.1 cm³/mol. The highest BCUT2D eigenvalue weighted by molar-refractivity contribution is 5.92. The third-order valence-electron chi connectivity index (χ3n) is 3.70. The van der Waals surface area contributed by atoms with Crippen molar-refractivity contribution in [2.75, 3.05) is 6.54 Å². The van der Waals surface area contributed by atoms with E-state index in [0.717, 1.165) is 29.1 Å². The summed E-state index contributed by atoms with van der Waals surface area (Å²) in [5, 5.41) is 14.5. The lowest BCUT2D eigenvalue weighted by Crippen LogP contribution is -2.28. The van der Waals surface area contributed by atoms with Crippen molar-refractivity contribution in [3.05, 3.63) is 34.4 Å². The minimum absolute atomic E-state index is 0.131. The summed E-state index contributed by atoms with van der Waals surface area (Å²) in [5.41, 5.74) is 4.52. The summed E-state index contributed by atoms with van der Waals surface area (Å²) in [6.07, 6.45) is 0.763. The van der Waals surface area contributed by atoms with E-state index in [1.807, 2.05) is 31.5 Å². The van der Waals surface area contributed by atoms with Crippen LogP contribution in [0.1, 0.15) is 53.9 Å². The van der Waals surface area contributed by atoms with E-state index >= 15 is 0 Å². The highest BCUT2D eigenvalue weighted by Gasteiger charge is 2.20. The van der Waals surface area contributed by atoms with Crippen molar-refractivity contribution in [1.82, 2.24) is 25.3 Å². The summed E-state index contributed by atoms with van der Waals surface area (Å²) in [6.45, 7) is 12.7. The van der Waals surface area contributed by atoms with Crippen LogP contribution in [0, 0.1) is 20.8 Å². The van der Waals surface area contributed by atoms with Gasteiger partial charge in [0.25, 0.3) is 5.91 Å². The summed E-state index contributed by atoms with van der Waals surface area (Å²) >= 11 is 0. The van der Waals surface area contributed by atoms with Crippen LogP contribution in [-0.2, 0) is 12.0 Å². The lowest BCUT2D eigenvalue weighted by atomic mass is 10.1. The van der Waals surface area contributed by atoms with E-state index in [-0.39, 0.29) is 11.4 Å². The maximum Gasteiger partial charge on any atom is 0.271 e. The van der Waals surface area contributed by atoms with Crippen LogP contribution < -0.4 is 5.32 Å². The number of nitrogens with one attached hydrogen (secondary N) is 2. The number of nitrogens with zero attached hydrogens (tertiary/aromatic N) is 3. The molecule has 0 unspecified atom stereocenters. The molecule has 120 valence electrons. The number of carbonyl (C=O) groups excluding carboxylic acids is 1. The number of amides is 1. The first-order valence-electron chi connectivity index (χ1n) is 7.56. The van der Waals surface area contributed by atoms with E-state index in [4.69, 9.17) is 0 Å². The van der Waals surface area contributed by atoms with Crippen LogP contribution in [-0.4, -0.2) is 32.4 Å². The average molecular weight is 303 g/mol. The van der Waals surface area contributed by atoms with Crippen LogP contribution in [0.3, 0.4) is 0 Å². The molecule has 0 bridgehead atoms. The first-order chi connectivity index (χ1) is 10.2. The Morgan fingerprint density at radius 3 is 2.50 bits per heavy atom. The van der Waals surface area contributed by atoms with Crippen LogP contribution in [0.2, 0.25) is 0 Å². The molecule has 0 aliphatic carbocycles. The molecule has 0 fully saturated rings. The van der Waals surface area contributed by atoms with Crippen molar-refractivity contribution in [2.45, 2.75) is 53.5 Å². The van der Waals surface area contributed by atoms with Crippen molar-refractivity contribution in [1.29, 1.82) is 0 Å². The molecular weight excluding hydrogens is 278 g/mol. The first-order valence-corrected chi connectivity index (χ1v) is 7.56. The third-order valence-corrected chi connectivity index (χ3v) is 3.70. The molecule has 2 aromatic rings. The summed E-state index contributed by atoms with van der Waals surface area (Å²) in [6, 6.07) is 1.83. The van der Waals surface area contributed by atoms with Gasteiger partial charge in [-0.15, -0.1) is 0 Å². The minimum atomic E-state index is -0.134. The SMILES string of the molecule is Cc1n[nH]c(C)c1CCNC(=O)c1cc(C)n(C(C)(C)C)n1. The van der Waals surface area contributed by atoms with Crippen LogP contribution in [0.5, 0.6) is 0 Å². The van der Waals surface area contributed by atoms with Crippen molar-refractivity contribution >= 4 is 5.91 Å². The summed E-state index contributed by atoms with van der Waals surface area (Å²) in [4.78, 5) is 12.2. The molecule has 0 spiro atoms. The third kappa shape index (κ3) is 3.37. The molecule has 0 saturated carbocycles. The Morgan fingerprint density at radius 1 is 1.32 bits per heavy atom. The second kappa shape index (κ2) is 5.94. The number of hydrogen-bond donors (Lipinski definition) is 2. The highest BCUT2D eigenvalue weighted by Crippen LogP contribution is 2.16. The highest BCUT2D eigenvalue weighted by atomic mass is 16.1. The van der Waals surface area contributed by atoms with Crippen LogP contribution >= 0.6 is 0 Å². The minimum Gasteiger partial charge on any atom is -0.350 e. The van der Waals surface area contributed by atoms with E-state index in [1.165, 1.54) is 0 Å². The second-order valence-electron chi connectivity index (χ2n) is 6.67. The summed E-state index contributed by atoms with van der Waals surface area (Å²) in [7, 11) is 0. The maximum atomic E-state index is 12.2. The number of carbonyl (C=O) groups is 1. The zero-order valence-corrected chi connectivity index (χ0v) is 14.2. The van der Waals surface area contributed by atoms with Gasteiger partial charge < -0.3 is 5.32 Å². The molecule has 1 amide bonds. The Balaban J connectivity index is 1.99. The van der Waals surface area contributed by atoms with Gasteiger partial charge in [0.05, 0.1) is 11.2 Å². The normalized spacial score (nSPS) is 11.7. The number of aryl methyl sites for hydroxylation is 3. The number of aromatic amines is 1. The molecular formula is C16H25N5O. The molecule has 22 heavy (non-hydrogen) atoms. The van der Waals surface area contributed by atoms with Gasteiger partial charge in [-0.2, -0.15) is 10.2 Å². The van der Waals surface area contributed by atoms with Gasteiger partial charge in [0.15, 0.2) is 0 Å². The van der Waals surface area contributed by atoms with Crippen molar-refractivity contribution in [3.63, 3.8) is 0 Å². The molecule has 6 nitrogen and oxygen atoms in total. The number of H-pyrrole nitrogens is 1. The second-order valence-corrected chi connectivity index (χ2v) is 6.67. The molecule has 0 atom stereocenters. The Morgan fingerprint density at radius 2 is 2.00 bits per heavy atom. The Labute approximate surface area is 131 Å². The van der Waals surface area contributed by atoms with Crippen molar-refractivity contribution in [2.24, 2.45) is 0 Å². The van der Waals surface area contributed by atoms with Gasteiger partial charge >= 0.3 is 0 Å². The molecule has 0 aliphatic heterocycles. The number of rotatable bonds is 4. The first kappa shape index (κ1) is 16.3. The van der Waals surface area contributed by atoms with Gasteiger partial charge in [0.1, 0.15) is 5.69 Å². The monoisotopic (exact) mass is 303 g/mol.